The maximum absolute atomic E-state index is 12.9. The minimum Gasteiger partial charge on any atom is -0.349 e. The van der Waals surface area contributed by atoms with Gasteiger partial charge in [0.15, 0.2) is 0 Å². The van der Waals surface area contributed by atoms with Gasteiger partial charge < -0.3 is 11.1 Å². The molecule has 0 radical (unpaired) electrons. The van der Waals surface area contributed by atoms with Crippen molar-refractivity contribution in [2.75, 3.05) is 13.1 Å². The number of hydrogen-bond acceptors (Lipinski definition) is 3. The van der Waals surface area contributed by atoms with Crippen LogP contribution in [0, 0.1) is 0 Å². The zero-order chi connectivity index (χ0) is 13.2. The first kappa shape index (κ1) is 13.3. The first-order valence-electron chi connectivity index (χ1n) is 5.62. The highest BCUT2D eigenvalue weighted by molar-refractivity contribution is 8.01. The molecule has 0 aromatic heterocycles. The number of carbonyl (C=O) groups is 1. The quantitative estimate of drug-likeness (QED) is 0.871. The predicted molar refractivity (Wildman–Crippen MR) is 66.8 cm³/mol. The maximum atomic E-state index is 12.9. The van der Waals surface area contributed by atoms with Crippen LogP contribution in [0.2, 0.25) is 0 Å². The van der Waals surface area contributed by atoms with E-state index in [0.717, 1.165) is 10.5 Å². The lowest BCUT2D eigenvalue weighted by atomic mass is 10.1. The smallest absolute Gasteiger partial charge is 0.277 e. The highest BCUT2D eigenvalue weighted by Gasteiger charge is 2.31. The average molecular weight is 272 g/mol. The molecule has 0 aliphatic carbocycles. The van der Waals surface area contributed by atoms with Crippen LogP contribution < -0.4 is 11.1 Å². The largest absolute Gasteiger partial charge is 0.349 e. The van der Waals surface area contributed by atoms with E-state index in [1.54, 1.807) is 0 Å². The average Bonchev–Trinajstić information content (AvgIpc) is 2.80. The zero-order valence-electron chi connectivity index (χ0n) is 9.66. The van der Waals surface area contributed by atoms with Crippen LogP contribution in [-0.4, -0.2) is 30.2 Å². The number of halogens is 2. The van der Waals surface area contributed by atoms with Gasteiger partial charge in [0.25, 0.3) is 5.92 Å². The number of thioether (sulfide) groups is 1. The van der Waals surface area contributed by atoms with E-state index >= 15 is 0 Å². The second kappa shape index (κ2) is 5.24. The second-order valence-electron chi connectivity index (χ2n) is 4.20. The van der Waals surface area contributed by atoms with Crippen LogP contribution in [0.4, 0.5) is 8.78 Å². The van der Waals surface area contributed by atoms with Crippen molar-refractivity contribution in [2.45, 2.75) is 22.5 Å². The van der Waals surface area contributed by atoms with Crippen LogP contribution in [0.5, 0.6) is 0 Å². The summed E-state index contributed by atoms with van der Waals surface area (Å²) >= 11 is 1.41. The summed E-state index contributed by atoms with van der Waals surface area (Å²) in [5.41, 5.74) is 6.00. The minimum absolute atomic E-state index is 0.323. The molecule has 3 N–H and O–H groups in total. The van der Waals surface area contributed by atoms with Crippen molar-refractivity contribution in [3.8, 4) is 0 Å². The fraction of sp³-hybridized carbons (Fsp3) is 0.417. The van der Waals surface area contributed by atoms with Crippen LogP contribution >= 0.6 is 11.8 Å². The molecule has 0 fully saturated rings. The fourth-order valence-electron chi connectivity index (χ4n) is 1.73. The molecule has 0 spiro atoms. The normalized spacial score (nSPS) is 18.5. The number of alkyl halides is 2. The van der Waals surface area contributed by atoms with E-state index in [9.17, 15) is 13.6 Å². The van der Waals surface area contributed by atoms with E-state index in [-0.39, 0.29) is 11.2 Å². The molecule has 1 unspecified atom stereocenters. The summed E-state index contributed by atoms with van der Waals surface area (Å²) in [6, 6.07) is 7.68. The Balaban J connectivity index is 1.90. The molecular weight excluding hydrogens is 258 g/mol. The maximum Gasteiger partial charge on any atom is 0.277 e. The summed E-state index contributed by atoms with van der Waals surface area (Å²) in [5, 5.41) is 1.94. The molecule has 98 valence electrons. The van der Waals surface area contributed by atoms with Gasteiger partial charge in [0.2, 0.25) is 5.91 Å². The molecule has 1 aliphatic rings. The Bertz CT molecular complexity index is 428. The topological polar surface area (TPSA) is 55.1 Å². The summed E-state index contributed by atoms with van der Waals surface area (Å²) in [6.45, 7) is -1.46. The molecule has 1 aromatic carbocycles. The van der Waals surface area contributed by atoms with E-state index in [1.807, 2.05) is 24.3 Å². The molecule has 0 saturated heterocycles. The van der Waals surface area contributed by atoms with Crippen molar-refractivity contribution in [3.05, 3.63) is 29.8 Å². The van der Waals surface area contributed by atoms with E-state index in [4.69, 9.17) is 5.73 Å². The van der Waals surface area contributed by atoms with Crippen molar-refractivity contribution < 1.29 is 13.6 Å². The SMILES string of the molecule is NCC(F)(F)CNC(=O)C1Cc2ccccc2S1. The van der Waals surface area contributed by atoms with Gasteiger partial charge in [0.05, 0.1) is 18.3 Å². The van der Waals surface area contributed by atoms with E-state index < -0.39 is 19.0 Å². The first-order valence-corrected chi connectivity index (χ1v) is 6.50. The highest BCUT2D eigenvalue weighted by Crippen LogP contribution is 2.36. The Morgan fingerprint density at radius 2 is 2.22 bits per heavy atom. The van der Waals surface area contributed by atoms with Gasteiger partial charge in [-0.2, -0.15) is 0 Å². The first-order chi connectivity index (χ1) is 8.52. The number of nitrogens with one attached hydrogen (secondary N) is 1. The molecule has 1 aromatic rings. The number of hydrogen-bond donors (Lipinski definition) is 2. The van der Waals surface area contributed by atoms with E-state index in [1.165, 1.54) is 11.8 Å². The van der Waals surface area contributed by atoms with Crippen LogP contribution in [0.1, 0.15) is 5.56 Å². The van der Waals surface area contributed by atoms with Gasteiger partial charge in [-0.25, -0.2) is 8.78 Å². The summed E-state index contributed by atoms with van der Waals surface area (Å²) in [6.07, 6.45) is 0.584. The Morgan fingerprint density at radius 3 is 2.89 bits per heavy atom. The molecule has 1 heterocycles. The van der Waals surface area contributed by atoms with E-state index in [2.05, 4.69) is 5.32 Å². The molecule has 0 bridgehead atoms. The van der Waals surface area contributed by atoms with Gasteiger partial charge >= 0.3 is 0 Å². The van der Waals surface area contributed by atoms with Crippen LogP contribution in [0.3, 0.4) is 0 Å². The lowest BCUT2D eigenvalue weighted by molar-refractivity contribution is -0.122. The molecular formula is C12H14F2N2OS. The molecule has 1 aliphatic heterocycles. The van der Waals surface area contributed by atoms with Crippen molar-refractivity contribution in [1.29, 1.82) is 0 Å². The summed E-state index contributed by atoms with van der Waals surface area (Å²) in [7, 11) is 0. The molecule has 3 nitrogen and oxygen atoms in total. The lowest BCUT2D eigenvalue weighted by Crippen LogP contribution is -2.44. The number of carbonyl (C=O) groups excluding carboxylic acids is 1. The van der Waals surface area contributed by atoms with Crippen LogP contribution in [0.25, 0.3) is 0 Å². The predicted octanol–water partition coefficient (Wildman–Crippen LogP) is 1.41. The van der Waals surface area contributed by atoms with Crippen molar-refractivity contribution >= 4 is 17.7 Å². The molecule has 1 atom stereocenters. The van der Waals surface area contributed by atoms with Gasteiger partial charge in [-0.05, 0) is 18.1 Å². The Hall–Kier alpha value is -1.14. The number of benzene rings is 1. The standard InChI is InChI=1S/C12H14F2N2OS/c13-12(14,6-15)7-16-11(17)10-5-8-3-1-2-4-9(8)18-10/h1-4,10H,5-7,15H2,(H,16,17). The van der Waals surface area contributed by atoms with Crippen molar-refractivity contribution in [2.24, 2.45) is 5.73 Å². The highest BCUT2D eigenvalue weighted by atomic mass is 32.2. The second-order valence-corrected chi connectivity index (χ2v) is 5.44. The van der Waals surface area contributed by atoms with Gasteiger partial charge in [0, 0.05) is 4.90 Å². The number of fused-ring (bicyclic) bond motifs is 1. The number of amides is 1. The third-order valence-corrected chi connectivity index (χ3v) is 4.08. The third-order valence-electron chi connectivity index (χ3n) is 2.76. The number of nitrogens with two attached hydrogens (primary N) is 1. The van der Waals surface area contributed by atoms with Gasteiger partial charge in [-0.15, -0.1) is 11.8 Å². The van der Waals surface area contributed by atoms with Crippen LogP contribution in [0.15, 0.2) is 29.2 Å². The van der Waals surface area contributed by atoms with E-state index in [0.29, 0.717) is 6.42 Å². The third kappa shape index (κ3) is 3.00. The summed E-state index contributed by atoms with van der Waals surface area (Å²) < 4.78 is 25.8. The molecule has 18 heavy (non-hydrogen) atoms. The molecule has 0 saturated carbocycles. The molecule has 6 heteroatoms. The Labute approximate surface area is 108 Å². The Morgan fingerprint density at radius 1 is 1.50 bits per heavy atom. The zero-order valence-corrected chi connectivity index (χ0v) is 10.5. The fourth-order valence-corrected chi connectivity index (χ4v) is 2.95. The molecule has 1 amide bonds. The molecule has 2 rings (SSSR count). The van der Waals surface area contributed by atoms with Crippen molar-refractivity contribution in [3.63, 3.8) is 0 Å². The minimum atomic E-state index is -3.04. The Kier molecular flexibility index (Phi) is 3.87. The number of rotatable bonds is 4. The monoisotopic (exact) mass is 272 g/mol. The van der Waals surface area contributed by atoms with Crippen molar-refractivity contribution in [1.82, 2.24) is 5.32 Å². The van der Waals surface area contributed by atoms with Gasteiger partial charge in [-0.3, -0.25) is 4.79 Å². The van der Waals surface area contributed by atoms with Gasteiger partial charge in [-0.1, -0.05) is 18.2 Å². The summed E-state index contributed by atoms with van der Waals surface area (Å²) in [5.74, 6) is -3.39. The summed E-state index contributed by atoms with van der Waals surface area (Å²) in [4.78, 5) is 12.8. The van der Waals surface area contributed by atoms with Gasteiger partial charge in [0.1, 0.15) is 0 Å². The van der Waals surface area contributed by atoms with Crippen LogP contribution in [-0.2, 0) is 11.2 Å². The lowest BCUT2D eigenvalue weighted by Gasteiger charge is -2.16.